The van der Waals surface area contributed by atoms with Gasteiger partial charge < -0.3 is 10.6 Å². The Kier molecular flexibility index (Phi) is 6.48. The van der Waals surface area contributed by atoms with Crippen LogP contribution in [0.15, 0.2) is 0 Å². The van der Waals surface area contributed by atoms with Crippen LogP contribution in [0.2, 0.25) is 0 Å². The van der Waals surface area contributed by atoms with E-state index in [2.05, 4.69) is 18.7 Å². The normalized spacial score (nSPS) is 35.6. The van der Waals surface area contributed by atoms with Crippen LogP contribution < -0.4 is 5.73 Å². The molecule has 0 aromatic rings. The van der Waals surface area contributed by atoms with Crippen molar-refractivity contribution in [2.75, 3.05) is 18.8 Å². The SMILES string of the molecule is CCC1CN(C(=O)C2CCCCC2(C)N)CCS1.Cl. The van der Waals surface area contributed by atoms with Gasteiger partial charge in [0.15, 0.2) is 0 Å². The van der Waals surface area contributed by atoms with E-state index >= 15 is 0 Å². The molecule has 5 heteroatoms. The van der Waals surface area contributed by atoms with E-state index in [1.165, 1.54) is 6.42 Å². The average molecular weight is 307 g/mol. The van der Waals surface area contributed by atoms with Crippen molar-refractivity contribution in [3.63, 3.8) is 0 Å². The molecule has 2 N–H and O–H groups in total. The molecular weight excluding hydrogens is 280 g/mol. The monoisotopic (exact) mass is 306 g/mol. The molecule has 112 valence electrons. The summed E-state index contributed by atoms with van der Waals surface area (Å²) in [6, 6.07) is 0. The lowest BCUT2D eigenvalue weighted by atomic mass is 9.74. The van der Waals surface area contributed by atoms with E-state index in [1.54, 1.807) is 0 Å². The molecule has 1 saturated heterocycles. The van der Waals surface area contributed by atoms with Crippen molar-refractivity contribution in [1.82, 2.24) is 4.90 Å². The van der Waals surface area contributed by atoms with Crippen LogP contribution in [0.25, 0.3) is 0 Å². The highest BCUT2D eigenvalue weighted by Crippen LogP contribution is 2.34. The molecule has 0 aromatic carbocycles. The molecule has 0 aromatic heterocycles. The van der Waals surface area contributed by atoms with Crippen LogP contribution in [0.1, 0.15) is 46.0 Å². The van der Waals surface area contributed by atoms with Crippen LogP contribution >= 0.6 is 24.2 Å². The molecular formula is C14H27ClN2OS. The maximum absolute atomic E-state index is 12.7. The van der Waals surface area contributed by atoms with Crippen LogP contribution in [0.5, 0.6) is 0 Å². The second-order valence-corrected chi connectivity index (χ2v) is 7.40. The van der Waals surface area contributed by atoms with Gasteiger partial charge in [-0.3, -0.25) is 4.79 Å². The van der Waals surface area contributed by atoms with E-state index in [9.17, 15) is 4.79 Å². The molecule has 2 fully saturated rings. The largest absolute Gasteiger partial charge is 0.340 e. The van der Waals surface area contributed by atoms with Crippen molar-refractivity contribution in [1.29, 1.82) is 0 Å². The number of nitrogens with two attached hydrogens (primary N) is 1. The van der Waals surface area contributed by atoms with E-state index in [0.29, 0.717) is 11.2 Å². The Hall–Kier alpha value is 0.0700. The fourth-order valence-electron chi connectivity index (χ4n) is 3.15. The molecule has 2 aliphatic rings. The third-order valence-corrected chi connectivity index (χ3v) is 5.83. The molecule has 1 heterocycles. The lowest BCUT2D eigenvalue weighted by Gasteiger charge is -2.42. The number of hydrogen-bond acceptors (Lipinski definition) is 3. The summed E-state index contributed by atoms with van der Waals surface area (Å²) in [6.07, 6.45) is 5.45. The van der Waals surface area contributed by atoms with Crippen molar-refractivity contribution < 1.29 is 4.79 Å². The van der Waals surface area contributed by atoms with Gasteiger partial charge in [-0.25, -0.2) is 0 Å². The summed E-state index contributed by atoms with van der Waals surface area (Å²) in [4.78, 5) is 14.7. The quantitative estimate of drug-likeness (QED) is 0.853. The van der Waals surface area contributed by atoms with Crippen molar-refractivity contribution in [3.8, 4) is 0 Å². The molecule has 3 atom stereocenters. The lowest BCUT2D eigenvalue weighted by molar-refractivity contribution is -0.138. The molecule has 1 aliphatic carbocycles. The smallest absolute Gasteiger partial charge is 0.227 e. The first-order valence-corrected chi connectivity index (χ1v) is 8.28. The zero-order valence-corrected chi connectivity index (χ0v) is 13.7. The topological polar surface area (TPSA) is 46.3 Å². The predicted molar refractivity (Wildman–Crippen MR) is 84.9 cm³/mol. The summed E-state index contributed by atoms with van der Waals surface area (Å²) in [5, 5.41) is 0.621. The molecule has 2 rings (SSSR count). The number of nitrogens with zero attached hydrogens (tertiary/aromatic N) is 1. The average Bonchev–Trinajstić information content (AvgIpc) is 2.37. The second-order valence-electron chi connectivity index (χ2n) is 5.99. The Morgan fingerprint density at radius 2 is 2.21 bits per heavy atom. The van der Waals surface area contributed by atoms with Crippen LogP contribution in [-0.4, -0.2) is 40.4 Å². The number of halogens is 1. The van der Waals surface area contributed by atoms with Gasteiger partial charge in [0, 0.05) is 29.6 Å². The number of carbonyl (C=O) groups excluding carboxylic acids is 1. The van der Waals surface area contributed by atoms with Crippen molar-refractivity contribution in [3.05, 3.63) is 0 Å². The third kappa shape index (κ3) is 4.02. The molecule has 1 saturated carbocycles. The van der Waals surface area contributed by atoms with Gasteiger partial charge in [-0.15, -0.1) is 12.4 Å². The number of carbonyl (C=O) groups is 1. The van der Waals surface area contributed by atoms with Gasteiger partial charge in [0.05, 0.1) is 5.92 Å². The van der Waals surface area contributed by atoms with E-state index in [-0.39, 0.29) is 23.9 Å². The number of amides is 1. The minimum Gasteiger partial charge on any atom is -0.340 e. The minimum atomic E-state index is -0.290. The standard InChI is InChI=1S/C14H26N2OS.ClH/c1-3-11-10-16(8-9-18-11)13(17)12-6-4-5-7-14(12,2)15;/h11-12H,3-10,15H2,1-2H3;1H. The van der Waals surface area contributed by atoms with Crippen molar-refractivity contribution in [2.45, 2.75) is 56.7 Å². The maximum Gasteiger partial charge on any atom is 0.227 e. The van der Waals surface area contributed by atoms with E-state index < -0.39 is 0 Å². The Balaban J connectivity index is 0.00000180. The van der Waals surface area contributed by atoms with Crippen LogP contribution in [-0.2, 0) is 4.79 Å². The van der Waals surface area contributed by atoms with Gasteiger partial charge >= 0.3 is 0 Å². The van der Waals surface area contributed by atoms with E-state index in [1.807, 2.05) is 11.8 Å². The van der Waals surface area contributed by atoms with Crippen LogP contribution in [0.3, 0.4) is 0 Å². The summed E-state index contributed by atoms with van der Waals surface area (Å²) < 4.78 is 0. The molecule has 0 bridgehead atoms. The van der Waals surface area contributed by atoms with Crippen LogP contribution in [0, 0.1) is 5.92 Å². The Morgan fingerprint density at radius 3 is 2.84 bits per heavy atom. The van der Waals surface area contributed by atoms with E-state index in [0.717, 1.165) is 44.5 Å². The van der Waals surface area contributed by atoms with Gasteiger partial charge in [-0.05, 0) is 26.2 Å². The molecule has 3 unspecified atom stereocenters. The first kappa shape index (κ1) is 17.1. The highest BCUT2D eigenvalue weighted by atomic mass is 35.5. The van der Waals surface area contributed by atoms with Crippen LogP contribution in [0.4, 0.5) is 0 Å². The fraction of sp³-hybridized carbons (Fsp3) is 0.929. The first-order chi connectivity index (χ1) is 8.54. The third-order valence-electron chi connectivity index (χ3n) is 4.46. The number of thioether (sulfide) groups is 1. The zero-order valence-electron chi connectivity index (χ0n) is 12.1. The van der Waals surface area contributed by atoms with Gasteiger partial charge in [-0.2, -0.15) is 11.8 Å². The summed E-state index contributed by atoms with van der Waals surface area (Å²) >= 11 is 2.01. The highest BCUT2D eigenvalue weighted by molar-refractivity contribution is 8.00. The minimum absolute atomic E-state index is 0. The molecule has 0 spiro atoms. The predicted octanol–water partition coefficient (Wildman–Crippen LogP) is 2.67. The Morgan fingerprint density at radius 1 is 1.47 bits per heavy atom. The molecule has 19 heavy (non-hydrogen) atoms. The van der Waals surface area contributed by atoms with Crippen molar-refractivity contribution in [2.24, 2.45) is 11.7 Å². The lowest BCUT2D eigenvalue weighted by Crippen LogP contribution is -2.55. The Bertz CT molecular complexity index is 312. The van der Waals surface area contributed by atoms with Gasteiger partial charge in [0.25, 0.3) is 0 Å². The molecule has 1 aliphatic heterocycles. The second kappa shape index (κ2) is 7.19. The highest BCUT2D eigenvalue weighted by Gasteiger charge is 2.40. The molecule has 0 radical (unpaired) electrons. The maximum atomic E-state index is 12.7. The Labute approximate surface area is 127 Å². The number of rotatable bonds is 2. The molecule has 3 nitrogen and oxygen atoms in total. The van der Waals surface area contributed by atoms with Crippen molar-refractivity contribution >= 4 is 30.1 Å². The van der Waals surface area contributed by atoms with Gasteiger partial charge in [-0.1, -0.05) is 19.8 Å². The number of hydrogen-bond donors (Lipinski definition) is 1. The molecule has 1 amide bonds. The summed E-state index contributed by atoms with van der Waals surface area (Å²) in [6.45, 7) is 6.10. The zero-order chi connectivity index (χ0) is 13.2. The van der Waals surface area contributed by atoms with Gasteiger partial charge in [0.1, 0.15) is 0 Å². The summed E-state index contributed by atoms with van der Waals surface area (Å²) in [7, 11) is 0. The fourth-order valence-corrected chi connectivity index (χ4v) is 4.33. The van der Waals surface area contributed by atoms with E-state index in [4.69, 9.17) is 5.73 Å². The van der Waals surface area contributed by atoms with Gasteiger partial charge in [0.2, 0.25) is 5.91 Å². The summed E-state index contributed by atoms with van der Waals surface area (Å²) in [5.41, 5.74) is 6.05. The first-order valence-electron chi connectivity index (χ1n) is 7.24. The summed E-state index contributed by atoms with van der Waals surface area (Å²) in [5.74, 6) is 1.45.